The van der Waals surface area contributed by atoms with E-state index in [1.807, 2.05) is 49.4 Å². The standard InChI is InChI=1S/C25H18ClN3O2/c1-16-7-6-9-18(13-16)28-24(30)20(14-27)23-19-10-3-5-12-22(19)29(25(23)31)15-17-8-2-4-11-21(17)26/h2-13H,15H2,1H3,(H,28,30). The second-order valence-corrected chi connectivity index (χ2v) is 7.59. The lowest BCUT2D eigenvalue weighted by Crippen LogP contribution is -2.27. The third-order valence-electron chi connectivity index (χ3n) is 5.07. The Morgan fingerprint density at radius 2 is 1.81 bits per heavy atom. The zero-order valence-corrected chi connectivity index (χ0v) is 17.5. The molecule has 4 rings (SSSR count). The van der Waals surface area contributed by atoms with Gasteiger partial charge in [0.15, 0.2) is 0 Å². The van der Waals surface area contributed by atoms with Crippen molar-refractivity contribution < 1.29 is 9.59 Å². The summed E-state index contributed by atoms with van der Waals surface area (Å²) in [5.74, 6) is -1.03. The summed E-state index contributed by atoms with van der Waals surface area (Å²) in [7, 11) is 0. The van der Waals surface area contributed by atoms with Crippen LogP contribution in [0.4, 0.5) is 11.4 Å². The summed E-state index contributed by atoms with van der Waals surface area (Å²) < 4.78 is 0. The lowest BCUT2D eigenvalue weighted by molar-refractivity contribution is -0.114. The van der Waals surface area contributed by atoms with E-state index in [4.69, 9.17) is 11.6 Å². The van der Waals surface area contributed by atoms with Crippen molar-refractivity contribution in [1.29, 1.82) is 5.26 Å². The molecule has 0 aliphatic carbocycles. The van der Waals surface area contributed by atoms with Crippen LogP contribution in [-0.4, -0.2) is 11.8 Å². The van der Waals surface area contributed by atoms with Crippen molar-refractivity contribution in [3.63, 3.8) is 0 Å². The maximum absolute atomic E-state index is 13.4. The number of amides is 2. The van der Waals surface area contributed by atoms with Crippen molar-refractivity contribution in [1.82, 2.24) is 0 Å². The van der Waals surface area contributed by atoms with Crippen LogP contribution in [0, 0.1) is 18.3 Å². The number of nitrogens with one attached hydrogen (secondary N) is 1. The minimum Gasteiger partial charge on any atom is -0.321 e. The number of fused-ring (bicyclic) bond motifs is 1. The van der Waals surface area contributed by atoms with Gasteiger partial charge >= 0.3 is 0 Å². The van der Waals surface area contributed by atoms with Gasteiger partial charge in [-0.25, -0.2) is 0 Å². The Bertz CT molecular complexity index is 1270. The van der Waals surface area contributed by atoms with Crippen molar-refractivity contribution in [3.8, 4) is 6.07 Å². The molecule has 5 nitrogen and oxygen atoms in total. The number of hydrogen-bond acceptors (Lipinski definition) is 3. The highest BCUT2D eigenvalue weighted by Crippen LogP contribution is 2.39. The molecule has 2 amide bonds. The molecule has 152 valence electrons. The smallest absolute Gasteiger partial charge is 0.267 e. The van der Waals surface area contributed by atoms with E-state index in [2.05, 4.69) is 5.32 Å². The van der Waals surface area contributed by atoms with E-state index in [0.717, 1.165) is 11.1 Å². The molecule has 0 aromatic heterocycles. The molecule has 31 heavy (non-hydrogen) atoms. The molecule has 1 aliphatic heterocycles. The van der Waals surface area contributed by atoms with Gasteiger partial charge < -0.3 is 10.2 Å². The van der Waals surface area contributed by atoms with Crippen molar-refractivity contribution in [2.24, 2.45) is 0 Å². The van der Waals surface area contributed by atoms with Crippen LogP contribution in [0.3, 0.4) is 0 Å². The topological polar surface area (TPSA) is 73.2 Å². The molecular weight excluding hydrogens is 410 g/mol. The van der Waals surface area contributed by atoms with E-state index in [0.29, 0.717) is 22.0 Å². The molecule has 1 aliphatic rings. The minimum absolute atomic E-state index is 0.0929. The average molecular weight is 428 g/mol. The number of halogens is 1. The van der Waals surface area contributed by atoms with E-state index < -0.39 is 11.8 Å². The molecule has 0 saturated carbocycles. The molecule has 3 aromatic rings. The van der Waals surface area contributed by atoms with Gasteiger partial charge in [-0.1, -0.05) is 60.1 Å². The van der Waals surface area contributed by atoms with Gasteiger partial charge in [0, 0.05) is 16.3 Å². The van der Waals surface area contributed by atoms with Crippen LogP contribution in [-0.2, 0) is 16.1 Å². The van der Waals surface area contributed by atoms with Crippen LogP contribution in [0.5, 0.6) is 0 Å². The molecular formula is C25H18ClN3O2. The molecule has 1 N–H and O–H groups in total. The Hall–Kier alpha value is -3.88. The van der Waals surface area contributed by atoms with E-state index in [1.54, 1.807) is 41.3 Å². The SMILES string of the molecule is Cc1cccc(NC(=O)C(C#N)=C2C(=O)N(Cc3ccccc3Cl)c3ccccc32)c1. The number of benzene rings is 3. The fraction of sp³-hybridized carbons (Fsp3) is 0.0800. The van der Waals surface area contributed by atoms with Crippen LogP contribution in [0.2, 0.25) is 5.02 Å². The lowest BCUT2D eigenvalue weighted by Gasteiger charge is -2.18. The summed E-state index contributed by atoms with van der Waals surface area (Å²) in [6.07, 6.45) is 0. The predicted octanol–water partition coefficient (Wildman–Crippen LogP) is 5.11. The van der Waals surface area contributed by atoms with E-state index in [1.165, 1.54) is 0 Å². The first-order chi connectivity index (χ1) is 15.0. The first-order valence-corrected chi connectivity index (χ1v) is 10.0. The number of carbonyl (C=O) groups is 2. The fourth-order valence-electron chi connectivity index (χ4n) is 3.61. The first kappa shape index (κ1) is 20.4. The van der Waals surface area contributed by atoms with Gasteiger partial charge in [0.25, 0.3) is 11.8 Å². The maximum Gasteiger partial charge on any atom is 0.267 e. The summed E-state index contributed by atoms with van der Waals surface area (Å²) in [6.45, 7) is 2.14. The van der Waals surface area contributed by atoms with Crippen LogP contribution in [0.25, 0.3) is 5.57 Å². The molecule has 1 heterocycles. The monoisotopic (exact) mass is 427 g/mol. The predicted molar refractivity (Wildman–Crippen MR) is 121 cm³/mol. The molecule has 0 radical (unpaired) electrons. The number of para-hydroxylation sites is 1. The molecule has 6 heteroatoms. The average Bonchev–Trinajstić information content (AvgIpc) is 3.02. The van der Waals surface area contributed by atoms with Crippen LogP contribution < -0.4 is 10.2 Å². The number of rotatable bonds is 4. The largest absolute Gasteiger partial charge is 0.321 e. The molecule has 0 bridgehead atoms. The summed E-state index contributed by atoms with van der Waals surface area (Å²) in [5, 5.41) is 13.1. The summed E-state index contributed by atoms with van der Waals surface area (Å²) in [4.78, 5) is 27.9. The third-order valence-corrected chi connectivity index (χ3v) is 5.44. The summed E-state index contributed by atoms with van der Waals surface area (Å²) in [6, 6.07) is 23.6. The normalized spacial score (nSPS) is 14.1. The Labute approximate surface area is 185 Å². The van der Waals surface area contributed by atoms with Gasteiger partial charge in [0.1, 0.15) is 11.6 Å². The Balaban J connectivity index is 1.75. The second kappa shape index (κ2) is 8.47. The lowest BCUT2D eigenvalue weighted by atomic mass is 10.0. The minimum atomic E-state index is -0.620. The van der Waals surface area contributed by atoms with E-state index in [9.17, 15) is 14.9 Å². The van der Waals surface area contributed by atoms with Gasteiger partial charge in [0.2, 0.25) is 0 Å². The number of carbonyl (C=O) groups excluding carboxylic acids is 2. The number of aryl methyl sites for hydroxylation is 1. The highest BCUT2D eigenvalue weighted by molar-refractivity contribution is 6.38. The summed E-state index contributed by atoms with van der Waals surface area (Å²) in [5.41, 5.74) is 3.36. The van der Waals surface area contributed by atoms with Gasteiger partial charge in [-0.05, 0) is 42.3 Å². The second-order valence-electron chi connectivity index (χ2n) is 7.19. The van der Waals surface area contributed by atoms with Crippen molar-refractivity contribution >= 4 is 40.4 Å². The number of nitriles is 1. The van der Waals surface area contributed by atoms with Gasteiger partial charge in [0.05, 0.1) is 17.8 Å². The molecule has 0 atom stereocenters. The van der Waals surface area contributed by atoms with Gasteiger partial charge in [-0.15, -0.1) is 0 Å². The molecule has 0 fully saturated rings. The Kier molecular flexibility index (Phi) is 5.57. The third kappa shape index (κ3) is 3.94. The van der Waals surface area contributed by atoms with Crippen molar-refractivity contribution in [2.45, 2.75) is 13.5 Å². The number of hydrogen-bond donors (Lipinski definition) is 1. The number of anilines is 2. The van der Waals surface area contributed by atoms with E-state index >= 15 is 0 Å². The zero-order chi connectivity index (χ0) is 22.0. The molecule has 0 spiro atoms. The fourth-order valence-corrected chi connectivity index (χ4v) is 3.81. The number of nitrogens with zero attached hydrogens (tertiary/aromatic N) is 2. The Morgan fingerprint density at radius 3 is 2.55 bits per heavy atom. The van der Waals surface area contributed by atoms with Crippen LogP contribution in [0.15, 0.2) is 78.4 Å². The Morgan fingerprint density at radius 1 is 1.06 bits per heavy atom. The van der Waals surface area contributed by atoms with Crippen molar-refractivity contribution in [2.75, 3.05) is 10.2 Å². The quantitative estimate of drug-likeness (QED) is 0.464. The van der Waals surface area contributed by atoms with Crippen molar-refractivity contribution in [3.05, 3.63) is 100 Å². The van der Waals surface area contributed by atoms with Crippen LogP contribution in [0.1, 0.15) is 16.7 Å². The zero-order valence-electron chi connectivity index (χ0n) is 16.7. The highest BCUT2D eigenvalue weighted by atomic mass is 35.5. The molecule has 0 saturated heterocycles. The molecule has 0 unspecified atom stereocenters. The highest BCUT2D eigenvalue weighted by Gasteiger charge is 2.36. The van der Waals surface area contributed by atoms with E-state index in [-0.39, 0.29) is 17.7 Å². The first-order valence-electron chi connectivity index (χ1n) is 9.66. The van der Waals surface area contributed by atoms with Gasteiger partial charge in [-0.2, -0.15) is 5.26 Å². The summed E-state index contributed by atoms with van der Waals surface area (Å²) >= 11 is 6.29. The van der Waals surface area contributed by atoms with Gasteiger partial charge in [-0.3, -0.25) is 9.59 Å². The molecule has 3 aromatic carbocycles. The maximum atomic E-state index is 13.4. The van der Waals surface area contributed by atoms with Crippen LogP contribution >= 0.6 is 11.6 Å².